The average molecular weight is 551 g/mol. The molecule has 0 unspecified atom stereocenters. The van der Waals surface area contributed by atoms with Crippen LogP contribution in [-0.2, 0) is 24.7 Å². The third-order valence-corrected chi connectivity index (χ3v) is 5.96. The van der Waals surface area contributed by atoms with Gasteiger partial charge in [-0.25, -0.2) is 0 Å². The zero-order valence-corrected chi connectivity index (χ0v) is 20.9. The summed E-state index contributed by atoms with van der Waals surface area (Å²) < 4.78 is 85.2. The second-order valence-corrected chi connectivity index (χ2v) is 8.54. The maximum absolute atomic E-state index is 14.2. The molecule has 208 valence electrons. The monoisotopic (exact) mass is 550 g/mol. The molecule has 0 aromatic heterocycles. The van der Waals surface area contributed by atoms with Crippen molar-refractivity contribution in [2.75, 3.05) is 0 Å². The molecule has 0 atom stereocenters. The third-order valence-electron chi connectivity index (χ3n) is 5.96. The van der Waals surface area contributed by atoms with Crippen molar-refractivity contribution in [3.63, 3.8) is 0 Å². The predicted molar refractivity (Wildman–Crippen MR) is 139 cm³/mol. The molecular weight excluding hydrogens is 522 g/mol. The first kappa shape index (κ1) is 31.1. The van der Waals surface area contributed by atoms with E-state index in [1.165, 1.54) is 12.2 Å². The zero-order valence-electron chi connectivity index (χ0n) is 20.9. The molecule has 3 rings (SSSR count). The van der Waals surface area contributed by atoms with Crippen molar-refractivity contribution in [3.8, 4) is 17.2 Å². The molecule has 0 aliphatic carbocycles. The maximum atomic E-state index is 14.2. The Bertz CT molecular complexity index is 1230. The number of para-hydroxylation sites is 1. The van der Waals surface area contributed by atoms with E-state index in [4.69, 9.17) is 0 Å². The second-order valence-electron chi connectivity index (χ2n) is 8.54. The highest BCUT2D eigenvalue weighted by Crippen LogP contribution is 2.57. The van der Waals surface area contributed by atoms with Gasteiger partial charge in [-0.15, -0.1) is 19.7 Å². The lowest BCUT2D eigenvalue weighted by atomic mass is 9.72. The lowest BCUT2D eigenvalue weighted by Gasteiger charge is -2.38. The molecule has 0 aliphatic rings. The second kappa shape index (κ2) is 12.6. The Morgan fingerprint density at radius 1 is 0.538 bits per heavy atom. The van der Waals surface area contributed by atoms with Gasteiger partial charge in [-0.3, -0.25) is 0 Å². The summed E-state index contributed by atoms with van der Waals surface area (Å²) in [6.07, 6.45) is -6.77. The molecule has 9 heteroatoms. The van der Waals surface area contributed by atoms with E-state index in [1.807, 2.05) is 18.2 Å². The first-order chi connectivity index (χ1) is 18.2. The van der Waals surface area contributed by atoms with Gasteiger partial charge in [0.25, 0.3) is 0 Å². The largest absolute Gasteiger partial charge is 0.508 e. The molecule has 0 saturated carbocycles. The van der Waals surface area contributed by atoms with E-state index < -0.39 is 40.4 Å². The summed E-state index contributed by atoms with van der Waals surface area (Å²) >= 11 is 0. The summed E-state index contributed by atoms with van der Waals surface area (Å²) in [4.78, 5) is 0. The number of phenolic OH excluding ortho intramolecular Hbond substituents is 3. The van der Waals surface area contributed by atoms with Crippen LogP contribution in [0.4, 0.5) is 26.3 Å². The summed E-state index contributed by atoms with van der Waals surface area (Å²) in [5.74, 6) is -0.530. The van der Waals surface area contributed by atoms with Gasteiger partial charge in [-0.05, 0) is 65.3 Å². The quantitative estimate of drug-likeness (QED) is 0.196. The van der Waals surface area contributed by atoms with Gasteiger partial charge >= 0.3 is 12.4 Å². The molecule has 0 amide bonds. The number of alkyl halides is 6. The van der Waals surface area contributed by atoms with Crippen LogP contribution >= 0.6 is 0 Å². The van der Waals surface area contributed by atoms with E-state index >= 15 is 0 Å². The predicted octanol–water partition coefficient (Wildman–Crippen LogP) is 8.09. The molecule has 3 N–H and O–H groups in total. The minimum absolute atomic E-state index is 0.122. The van der Waals surface area contributed by atoms with Crippen LogP contribution in [0.2, 0.25) is 0 Å². The summed E-state index contributed by atoms with van der Waals surface area (Å²) in [6, 6.07) is 11.4. The van der Waals surface area contributed by atoms with Crippen LogP contribution in [0.5, 0.6) is 17.2 Å². The van der Waals surface area contributed by atoms with Crippen molar-refractivity contribution in [3.05, 3.63) is 126 Å². The van der Waals surface area contributed by atoms with Crippen LogP contribution in [0, 0.1) is 0 Å². The zero-order chi connectivity index (χ0) is 29.4. The fourth-order valence-corrected chi connectivity index (χ4v) is 4.10. The van der Waals surface area contributed by atoms with Gasteiger partial charge in [0.1, 0.15) is 17.2 Å². The molecule has 0 saturated heterocycles. The molecule has 0 radical (unpaired) electrons. The first-order valence-corrected chi connectivity index (χ1v) is 11.6. The van der Waals surface area contributed by atoms with Gasteiger partial charge < -0.3 is 15.3 Å². The maximum Gasteiger partial charge on any atom is 0.411 e. The fourth-order valence-electron chi connectivity index (χ4n) is 4.10. The molecule has 3 aromatic rings. The van der Waals surface area contributed by atoms with Gasteiger partial charge in [-0.2, -0.15) is 26.3 Å². The smallest absolute Gasteiger partial charge is 0.411 e. The number of rotatable bonds is 8. The molecule has 0 bridgehead atoms. The van der Waals surface area contributed by atoms with Gasteiger partial charge in [-0.1, -0.05) is 60.7 Å². The van der Waals surface area contributed by atoms with E-state index in [0.717, 1.165) is 24.1 Å². The number of hydrogen-bond donors (Lipinski definition) is 3. The molecule has 39 heavy (non-hydrogen) atoms. The number of benzene rings is 3. The minimum atomic E-state index is -5.77. The van der Waals surface area contributed by atoms with Crippen molar-refractivity contribution in [2.24, 2.45) is 0 Å². The van der Waals surface area contributed by atoms with Crippen molar-refractivity contribution < 1.29 is 41.7 Å². The molecule has 3 nitrogen and oxygen atoms in total. The standard InChI is InChI=1S/C21H18F6O2.C9H10O/c1-3-5-13-11-15(7-9-17(13)28)19(20(22,23)24,21(25,26)27)16-8-10-18(29)14(12-16)6-4-2;1-2-5-8-6-3-4-7-9(8)10/h3-4,7-12,28-29H,1-2,5-6H2;2-4,6-7,10H,1,5H2. The number of allylic oxidation sites excluding steroid dienone is 3. The molecule has 0 spiro atoms. The van der Waals surface area contributed by atoms with Crippen LogP contribution in [0.15, 0.2) is 98.6 Å². The summed E-state index contributed by atoms with van der Waals surface area (Å²) in [7, 11) is 0. The van der Waals surface area contributed by atoms with E-state index in [2.05, 4.69) is 19.7 Å². The van der Waals surface area contributed by atoms with Crippen molar-refractivity contribution >= 4 is 0 Å². The normalized spacial score (nSPS) is 11.7. The van der Waals surface area contributed by atoms with E-state index in [0.29, 0.717) is 30.0 Å². The van der Waals surface area contributed by atoms with E-state index in [-0.39, 0.29) is 24.0 Å². The van der Waals surface area contributed by atoms with Crippen LogP contribution in [0.25, 0.3) is 0 Å². The van der Waals surface area contributed by atoms with Crippen LogP contribution in [-0.4, -0.2) is 27.7 Å². The summed E-state index contributed by atoms with van der Waals surface area (Å²) in [6.45, 7) is 10.4. The number of aromatic hydroxyl groups is 3. The summed E-state index contributed by atoms with van der Waals surface area (Å²) in [5.41, 5.74) is -5.88. The number of hydrogen-bond acceptors (Lipinski definition) is 3. The highest BCUT2D eigenvalue weighted by molar-refractivity contribution is 5.51. The lowest BCUT2D eigenvalue weighted by Crippen LogP contribution is -2.54. The minimum Gasteiger partial charge on any atom is -0.508 e. The van der Waals surface area contributed by atoms with E-state index in [9.17, 15) is 41.7 Å². The van der Waals surface area contributed by atoms with Crippen molar-refractivity contribution in [2.45, 2.75) is 37.0 Å². The average Bonchev–Trinajstić information content (AvgIpc) is 2.84. The fraction of sp³-hybridized carbons (Fsp3) is 0.200. The molecular formula is C30H28F6O3. The first-order valence-electron chi connectivity index (χ1n) is 11.6. The molecule has 3 aromatic carbocycles. The Hall–Kier alpha value is -4.14. The Morgan fingerprint density at radius 2 is 0.897 bits per heavy atom. The number of halogens is 6. The summed E-state index contributed by atoms with van der Waals surface area (Å²) in [5, 5.41) is 28.8. The van der Waals surface area contributed by atoms with E-state index in [1.54, 1.807) is 12.1 Å². The lowest BCUT2D eigenvalue weighted by molar-refractivity contribution is -0.288. The van der Waals surface area contributed by atoms with Gasteiger partial charge in [0.05, 0.1) is 0 Å². The SMILES string of the molecule is C=CCc1cc(C(c2ccc(O)c(CC=C)c2)(C(F)(F)F)C(F)(F)F)ccc1O.C=CCc1ccccc1O. The van der Waals surface area contributed by atoms with Crippen molar-refractivity contribution in [1.29, 1.82) is 0 Å². The molecule has 0 fully saturated rings. The van der Waals surface area contributed by atoms with Crippen LogP contribution < -0.4 is 0 Å². The number of phenols is 3. The van der Waals surface area contributed by atoms with Crippen LogP contribution in [0.3, 0.4) is 0 Å². The Kier molecular flexibility index (Phi) is 10.0. The highest BCUT2D eigenvalue weighted by atomic mass is 19.4. The van der Waals surface area contributed by atoms with Crippen molar-refractivity contribution in [1.82, 2.24) is 0 Å². The molecule has 0 aliphatic heterocycles. The Morgan fingerprint density at radius 3 is 1.26 bits per heavy atom. The highest BCUT2D eigenvalue weighted by Gasteiger charge is 2.72. The Balaban J connectivity index is 0.000000446. The molecule has 0 heterocycles. The van der Waals surface area contributed by atoms with Gasteiger partial charge in [0, 0.05) is 0 Å². The topological polar surface area (TPSA) is 60.7 Å². The third kappa shape index (κ3) is 6.66. The van der Waals surface area contributed by atoms with Gasteiger partial charge in [0.15, 0.2) is 0 Å². The van der Waals surface area contributed by atoms with Crippen LogP contribution in [0.1, 0.15) is 27.8 Å². The Labute approximate surface area is 222 Å². The van der Waals surface area contributed by atoms with Gasteiger partial charge in [0.2, 0.25) is 5.41 Å².